The molecule has 0 aliphatic heterocycles. The van der Waals surface area contributed by atoms with Crippen LogP contribution in [-0.2, 0) is 9.53 Å². The van der Waals surface area contributed by atoms with Gasteiger partial charge in [0, 0.05) is 5.56 Å². The van der Waals surface area contributed by atoms with Crippen LogP contribution in [0.25, 0.3) is 0 Å². The van der Waals surface area contributed by atoms with Crippen molar-refractivity contribution in [1.29, 1.82) is 0 Å². The molecule has 90 valence electrons. The van der Waals surface area contributed by atoms with E-state index in [2.05, 4.69) is 4.74 Å². The lowest BCUT2D eigenvalue weighted by Gasteiger charge is -2.25. The van der Waals surface area contributed by atoms with Gasteiger partial charge in [-0.15, -0.1) is 0 Å². The van der Waals surface area contributed by atoms with E-state index < -0.39 is 11.8 Å². The third kappa shape index (κ3) is 2.54. The zero-order chi connectivity index (χ0) is 12.3. The number of hydrogen-bond acceptors (Lipinski definition) is 3. The van der Waals surface area contributed by atoms with Crippen molar-refractivity contribution in [2.24, 2.45) is 0 Å². The van der Waals surface area contributed by atoms with Crippen LogP contribution in [0.2, 0.25) is 0 Å². The number of ketones is 1. The first-order valence-corrected chi connectivity index (χ1v) is 6.03. The highest BCUT2D eigenvalue weighted by Crippen LogP contribution is 2.36. The summed E-state index contributed by atoms with van der Waals surface area (Å²) >= 11 is 0. The number of esters is 1. The number of carbonyl (C=O) groups is 2. The minimum absolute atomic E-state index is 0.227. The van der Waals surface area contributed by atoms with Gasteiger partial charge < -0.3 is 4.74 Å². The van der Waals surface area contributed by atoms with Crippen LogP contribution in [0.1, 0.15) is 48.0 Å². The molecule has 0 amide bonds. The zero-order valence-corrected chi connectivity index (χ0v) is 9.94. The van der Waals surface area contributed by atoms with Crippen LogP contribution in [0.15, 0.2) is 24.3 Å². The van der Waals surface area contributed by atoms with Crippen molar-refractivity contribution in [3.05, 3.63) is 35.4 Å². The van der Waals surface area contributed by atoms with E-state index in [0.29, 0.717) is 11.5 Å². The molecule has 1 fully saturated rings. The molecule has 1 saturated carbocycles. The molecule has 0 spiro atoms. The molecule has 3 heteroatoms. The number of Topliss-reactive ketones (excluding diaryl/α,β-unsaturated/α-hetero) is 1. The van der Waals surface area contributed by atoms with E-state index in [1.54, 1.807) is 19.1 Å². The fourth-order valence-corrected chi connectivity index (χ4v) is 1.96. The Labute approximate surface area is 101 Å². The summed E-state index contributed by atoms with van der Waals surface area (Å²) in [6.07, 6.45) is 3.74. The minimum atomic E-state index is -0.774. The second-order valence-electron chi connectivity index (χ2n) is 4.30. The van der Waals surface area contributed by atoms with Crippen LogP contribution in [0, 0.1) is 0 Å². The smallest absolute Gasteiger partial charge is 0.379 e. The van der Waals surface area contributed by atoms with Crippen molar-refractivity contribution in [2.75, 3.05) is 6.61 Å². The Morgan fingerprint density at radius 2 is 1.88 bits per heavy atom. The lowest BCUT2D eigenvalue weighted by molar-refractivity contribution is -0.137. The highest BCUT2D eigenvalue weighted by Gasteiger charge is 2.21. The molecule has 1 aliphatic rings. The summed E-state index contributed by atoms with van der Waals surface area (Å²) in [5, 5.41) is 0. The van der Waals surface area contributed by atoms with Crippen molar-refractivity contribution in [2.45, 2.75) is 32.1 Å². The van der Waals surface area contributed by atoms with Gasteiger partial charge in [0.1, 0.15) is 0 Å². The highest BCUT2D eigenvalue weighted by atomic mass is 16.5. The molecular formula is C14H16O3. The summed E-state index contributed by atoms with van der Waals surface area (Å²) in [5.41, 5.74) is 1.67. The van der Waals surface area contributed by atoms with Crippen molar-refractivity contribution < 1.29 is 14.3 Å². The number of hydrogen-bond donors (Lipinski definition) is 0. The molecule has 1 aromatic carbocycles. The maximum Gasteiger partial charge on any atom is 0.379 e. The van der Waals surface area contributed by atoms with Gasteiger partial charge in [-0.05, 0) is 31.2 Å². The molecule has 0 N–H and O–H groups in total. The van der Waals surface area contributed by atoms with Crippen LogP contribution in [0.5, 0.6) is 0 Å². The predicted molar refractivity (Wildman–Crippen MR) is 64.0 cm³/mol. The first kappa shape index (κ1) is 11.8. The van der Waals surface area contributed by atoms with Gasteiger partial charge in [0.25, 0.3) is 5.78 Å². The summed E-state index contributed by atoms with van der Waals surface area (Å²) in [5.74, 6) is -0.697. The van der Waals surface area contributed by atoms with Crippen LogP contribution in [-0.4, -0.2) is 18.4 Å². The van der Waals surface area contributed by atoms with Gasteiger partial charge in [-0.2, -0.15) is 0 Å². The normalized spacial score (nSPS) is 15.1. The summed E-state index contributed by atoms with van der Waals surface area (Å²) in [6.45, 7) is 1.91. The molecular weight excluding hydrogens is 216 g/mol. The molecule has 0 heterocycles. The van der Waals surface area contributed by atoms with Gasteiger partial charge in [-0.1, -0.05) is 30.7 Å². The third-order valence-electron chi connectivity index (χ3n) is 3.21. The number of ether oxygens (including phenoxy) is 1. The maximum absolute atomic E-state index is 11.6. The number of carbonyl (C=O) groups excluding carboxylic acids is 2. The standard InChI is InChI=1S/C14H16O3/c1-2-17-14(16)13(15)12-8-6-11(7-9-12)10-4-3-5-10/h6-10H,2-5H2,1H3. The molecule has 0 atom stereocenters. The Balaban J connectivity index is 2.06. The van der Waals surface area contributed by atoms with Crippen LogP contribution in [0.4, 0.5) is 0 Å². The summed E-state index contributed by atoms with van der Waals surface area (Å²) in [6, 6.07) is 7.31. The van der Waals surface area contributed by atoms with Gasteiger partial charge >= 0.3 is 5.97 Å². The minimum Gasteiger partial charge on any atom is -0.460 e. The second-order valence-corrected chi connectivity index (χ2v) is 4.30. The van der Waals surface area contributed by atoms with Crippen molar-refractivity contribution >= 4 is 11.8 Å². The molecule has 0 aromatic heterocycles. The van der Waals surface area contributed by atoms with Gasteiger partial charge in [-0.3, -0.25) is 4.79 Å². The Kier molecular flexibility index (Phi) is 3.57. The van der Waals surface area contributed by atoms with Crippen molar-refractivity contribution in [1.82, 2.24) is 0 Å². The molecule has 0 radical (unpaired) electrons. The average molecular weight is 232 g/mol. The number of rotatable bonds is 4. The lowest BCUT2D eigenvalue weighted by Crippen LogP contribution is -2.17. The summed E-state index contributed by atoms with van der Waals surface area (Å²) < 4.78 is 4.68. The molecule has 1 aromatic rings. The monoisotopic (exact) mass is 232 g/mol. The Morgan fingerprint density at radius 1 is 1.24 bits per heavy atom. The van der Waals surface area contributed by atoms with E-state index in [1.165, 1.54) is 24.8 Å². The molecule has 0 unspecified atom stereocenters. The van der Waals surface area contributed by atoms with Crippen molar-refractivity contribution in [3.63, 3.8) is 0 Å². The van der Waals surface area contributed by atoms with Crippen LogP contribution >= 0.6 is 0 Å². The van der Waals surface area contributed by atoms with Gasteiger partial charge in [-0.25, -0.2) is 4.79 Å². The van der Waals surface area contributed by atoms with E-state index in [9.17, 15) is 9.59 Å². The predicted octanol–water partition coefficient (Wildman–Crippen LogP) is 2.70. The summed E-state index contributed by atoms with van der Waals surface area (Å²) in [4.78, 5) is 22.9. The molecule has 0 saturated heterocycles. The maximum atomic E-state index is 11.6. The largest absolute Gasteiger partial charge is 0.460 e. The average Bonchev–Trinajstić information content (AvgIpc) is 2.27. The third-order valence-corrected chi connectivity index (χ3v) is 3.21. The van der Waals surface area contributed by atoms with E-state index in [0.717, 1.165) is 0 Å². The van der Waals surface area contributed by atoms with E-state index >= 15 is 0 Å². The zero-order valence-electron chi connectivity index (χ0n) is 9.94. The first-order valence-electron chi connectivity index (χ1n) is 6.03. The van der Waals surface area contributed by atoms with Gasteiger partial charge in [0.15, 0.2) is 0 Å². The van der Waals surface area contributed by atoms with Crippen molar-refractivity contribution in [3.8, 4) is 0 Å². The van der Waals surface area contributed by atoms with Crippen LogP contribution < -0.4 is 0 Å². The molecule has 3 nitrogen and oxygen atoms in total. The lowest BCUT2D eigenvalue weighted by atomic mass is 9.80. The van der Waals surface area contributed by atoms with E-state index in [4.69, 9.17) is 0 Å². The fraction of sp³-hybridized carbons (Fsp3) is 0.429. The summed E-state index contributed by atoms with van der Waals surface area (Å²) in [7, 11) is 0. The molecule has 0 bridgehead atoms. The molecule has 1 aliphatic carbocycles. The van der Waals surface area contributed by atoms with Gasteiger partial charge in [0.05, 0.1) is 6.61 Å². The van der Waals surface area contributed by atoms with Gasteiger partial charge in [0.2, 0.25) is 0 Å². The van der Waals surface area contributed by atoms with E-state index in [1.807, 2.05) is 12.1 Å². The second kappa shape index (κ2) is 5.13. The number of benzene rings is 1. The highest BCUT2D eigenvalue weighted by molar-refractivity contribution is 6.40. The van der Waals surface area contributed by atoms with E-state index in [-0.39, 0.29) is 6.61 Å². The Bertz CT molecular complexity index is 416. The molecule has 17 heavy (non-hydrogen) atoms. The fourth-order valence-electron chi connectivity index (χ4n) is 1.96. The Hall–Kier alpha value is -1.64. The SMILES string of the molecule is CCOC(=O)C(=O)c1ccc(C2CCC2)cc1. The Morgan fingerprint density at radius 3 is 2.35 bits per heavy atom. The topological polar surface area (TPSA) is 43.4 Å². The van der Waals surface area contributed by atoms with Crippen LogP contribution in [0.3, 0.4) is 0 Å². The quantitative estimate of drug-likeness (QED) is 0.455. The first-order chi connectivity index (χ1) is 8.22. The molecule has 2 rings (SSSR count).